The van der Waals surface area contributed by atoms with Gasteiger partial charge in [-0.1, -0.05) is 48.5 Å². The van der Waals surface area contributed by atoms with Gasteiger partial charge in [0, 0.05) is 0 Å². The number of nitrogens with one attached hydrogen (secondary N) is 1. The highest BCUT2D eigenvalue weighted by Crippen LogP contribution is 2.61. The van der Waals surface area contributed by atoms with E-state index in [2.05, 4.69) is 5.32 Å². The van der Waals surface area contributed by atoms with Gasteiger partial charge >= 0.3 is 5.97 Å². The maximum absolute atomic E-state index is 13.5. The van der Waals surface area contributed by atoms with Gasteiger partial charge in [0.05, 0.1) is 30.2 Å². The molecule has 3 heterocycles. The van der Waals surface area contributed by atoms with E-state index >= 15 is 0 Å². The molecule has 3 saturated heterocycles. The van der Waals surface area contributed by atoms with Crippen molar-refractivity contribution in [1.82, 2.24) is 5.32 Å². The first-order valence-electron chi connectivity index (χ1n) is 9.41. The molecule has 6 heteroatoms. The number of imide groups is 1. The van der Waals surface area contributed by atoms with Crippen molar-refractivity contribution in [3.63, 3.8) is 0 Å². The number of nitrogens with zero attached hydrogens (tertiary/aromatic N) is 1. The largest absolute Gasteiger partial charge is 0.468 e. The summed E-state index contributed by atoms with van der Waals surface area (Å²) >= 11 is 0. The second kappa shape index (κ2) is 5.75. The van der Waals surface area contributed by atoms with Crippen LogP contribution in [0.5, 0.6) is 0 Å². The Labute approximate surface area is 162 Å². The van der Waals surface area contributed by atoms with Gasteiger partial charge < -0.3 is 4.74 Å². The van der Waals surface area contributed by atoms with Gasteiger partial charge in [-0.2, -0.15) is 0 Å². The third-order valence-corrected chi connectivity index (χ3v) is 6.58. The fourth-order valence-electron chi connectivity index (χ4n) is 5.47. The first-order chi connectivity index (χ1) is 13.5. The number of rotatable bonds is 3. The van der Waals surface area contributed by atoms with Crippen LogP contribution in [0.4, 0.5) is 5.69 Å². The smallest absolute Gasteiger partial charge is 0.326 e. The van der Waals surface area contributed by atoms with Gasteiger partial charge in [-0.3, -0.25) is 19.7 Å². The Hall–Kier alpha value is -2.99. The van der Waals surface area contributed by atoms with Crippen LogP contribution in [0.25, 0.3) is 0 Å². The second-order valence-electron chi connectivity index (χ2n) is 7.73. The van der Waals surface area contributed by atoms with Gasteiger partial charge in [0.2, 0.25) is 11.8 Å². The summed E-state index contributed by atoms with van der Waals surface area (Å²) < 4.78 is 5.09. The van der Waals surface area contributed by atoms with Gasteiger partial charge in [0.25, 0.3) is 0 Å². The van der Waals surface area contributed by atoms with Gasteiger partial charge in [-0.25, -0.2) is 4.90 Å². The van der Waals surface area contributed by atoms with Gasteiger partial charge in [-0.15, -0.1) is 0 Å². The fraction of sp³-hybridized carbons (Fsp3) is 0.318. The Morgan fingerprint density at radius 1 is 0.964 bits per heavy atom. The van der Waals surface area contributed by atoms with Crippen LogP contribution in [0, 0.1) is 11.8 Å². The molecule has 0 radical (unpaired) electrons. The first-order valence-corrected chi connectivity index (χ1v) is 9.41. The molecule has 2 aromatic carbocycles. The van der Waals surface area contributed by atoms with Gasteiger partial charge in [-0.05, 0) is 30.5 Å². The van der Waals surface area contributed by atoms with Crippen molar-refractivity contribution in [3.8, 4) is 0 Å². The summed E-state index contributed by atoms with van der Waals surface area (Å²) in [5.41, 5.74) is -0.471. The highest BCUT2D eigenvalue weighted by Gasteiger charge is 2.77. The van der Waals surface area contributed by atoms with Crippen LogP contribution in [-0.2, 0) is 24.7 Å². The molecule has 6 nitrogen and oxygen atoms in total. The van der Waals surface area contributed by atoms with Crippen LogP contribution < -0.4 is 10.2 Å². The average molecular weight is 376 g/mol. The van der Waals surface area contributed by atoms with E-state index in [4.69, 9.17) is 4.74 Å². The van der Waals surface area contributed by atoms with Crippen molar-refractivity contribution >= 4 is 23.5 Å². The third kappa shape index (κ3) is 1.93. The summed E-state index contributed by atoms with van der Waals surface area (Å²) in [6.45, 7) is 0. The first kappa shape index (κ1) is 17.1. The molecule has 0 spiro atoms. The second-order valence-corrected chi connectivity index (χ2v) is 7.73. The summed E-state index contributed by atoms with van der Waals surface area (Å²) in [6, 6.07) is 18.5. The number of amides is 2. The van der Waals surface area contributed by atoms with Crippen LogP contribution in [0.15, 0.2) is 60.7 Å². The number of hydrogen-bond donors (Lipinski definition) is 1. The maximum atomic E-state index is 13.5. The molecule has 1 N–H and O–H groups in total. The topological polar surface area (TPSA) is 75.7 Å². The van der Waals surface area contributed by atoms with Crippen LogP contribution in [0.2, 0.25) is 0 Å². The Morgan fingerprint density at radius 3 is 2.21 bits per heavy atom. The molecule has 0 aromatic heterocycles. The molecule has 2 aromatic rings. The Bertz CT molecular complexity index is 977. The Morgan fingerprint density at radius 2 is 1.57 bits per heavy atom. The molecule has 28 heavy (non-hydrogen) atoms. The van der Waals surface area contributed by atoms with E-state index in [1.165, 1.54) is 12.0 Å². The van der Waals surface area contributed by atoms with Gasteiger partial charge in [0.15, 0.2) is 0 Å². The minimum absolute atomic E-state index is 0.261. The standard InChI is InChI=1S/C22H20N2O4/c1-28-20(27)22-13-12-21(23-22,14-8-4-2-5-9-14)16-17(22)19(26)24(18(16)25)15-10-6-3-7-11-15/h2-11,16-17,23H,12-13H2,1H3/t16?,17?,21-,22+/m0/s1. The summed E-state index contributed by atoms with van der Waals surface area (Å²) in [5.74, 6) is -2.49. The molecule has 2 bridgehead atoms. The van der Waals surface area contributed by atoms with E-state index in [0.717, 1.165) is 5.56 Å². The molecule has 3 fully saturated rings. The van der Waals surface area contributed by atoms with Gasteiger partial charge in [0.1, 0.15) is 5.54 Å². The maximum Gasteiger partial charge on any atom is 0.326 e. The number of para-hydroxylation sites is 1. The monoisotopic (exact) mass is 376 g/mol. The van der Waals surface area contributed by atoms with Crippen LogP contribution in [0.3, 0.4) is 0 Å². The zero-order chi connectivity index (χ0) is 19.5. The zero-order valence-electron chi connectivity index (χ0n) is 15.4. The van der Waals surface area contributed by atoms with Crippen LogP contribution in [0.1, 0.15) is 18.4 Å². The summed E-state index contributed by atoms with van der Waals surface area (Å²) in [6.07, 6.45) is 1.05. The SMILES string of the molecule is COC(=O)[C@]12CC[C@@](c3ccccc3)(N1)C1C(=O)N(c3ccccc3)C(=O)C12. The van der Waals surface area contributed by atoms with E-state index in [1.54, 1.807) is 24.3 Å². The quantitative estimate of drug-likeness (QED) is 0.655. The van der Waals surface area contributed by atoms with E-state index in [9.17, 15) is 14.4 Å². The average Bonchev–Trinajstić information content (AvgIpc) is 3.37. The number of methoxy groups -OCH3 is 1. The molecule has 3 aliphatic heterocycles. The number of benzene rings is 2. The fourth-order valence-corrected chi connectivity index (χ4v) is 5.47. The third-order valence-electron chi connectivity index (χ3n) is 6.58. The summed E-state index contributed by atoms with van der Waals surface area (Å²) in [7, 11) is 1.32. The lowest BCUT2D eigenvalue weighted by Crippen LogP contribution is -2.54. The predicted molar refractivity (Wildman–Crippen MR) is 101 cm³/mol. The van der Waals surface area contributed by atoms with E-state index < -0.39 is 28.9 Å². The van der Waals surface area contributed by atoms with Crippen molar-refractivity contribution in [1.29, 1.82) is 0 Å². The lowest BCUT2D eigenvalue weighted by molar-refractivity contribution is -0.152. The van der Waals surface area contributed by atoms with Crippen molar-refractivity contribution in [3.05, 3.63) is 66.2 Å². The molecule has 5 rings (SSSR count). The lowest BCUT2D eigenvalue weighted by atomic mass is 9.65. The van der Waals surface area contributed by atoms with Crippen molar-refractivity contribution in [2.75, 3.05) is 12.0 Å². The van der Waals surface area contributed by atoms with Crippen molar-refractivity contribution in [2.24, 2.45) is 11.8 Å². The Balaban J connectivity index is 1.69. The zero-order valence-corrected chi connectivity index (χ0v) is 15.4. The highest BCUT2D eigenvalue weighted by atomic mass is 16.5. The number of carbonyl (C=O) groups excluding carboxylic acids is 3. The molecule has 3 aliphatic rings. The van der Waals surface area contributed by atoms with E-state index in [-0.39, 0.29) is 11.8 Å². The van der Waals surface area contributed by atoms with E-state index in [0.29, 0.717) is 18.5 Å². The van der Waals surface area contributed by atoms with E-state index in [1.807, 2.05) is 36.4 Å². The molecule has 0 aliphatic carbocycles. The van der Waals surface area contributed by atoms with Crippen molar-refractivity contribution in [2.45, 2.75) is 23.9 Å². The normalized spacial score (nSPS) is 33.2. The molecular weight excluding hydrogens is 356 g/mol. The molecule has 142 valence electrons. The number of anilines is 1. The number of fused-ring (bicyclic) bond motifs is 5. The minimum atomic E-state index is -1.18. The minimum Gasteiger partial charge on any atom is -0.468 e. The molecule has 4 atom stereocenters. The predicted octanol–water partition coefficient (Wildman–Crippen LogP) is 2.00. The van der Waals surface area contributed by atoms with Crippen molar-refractivity contribution < 1.29 is 19.1 Å². The number of hydrogen-bond acceptors (Lipinski definition) is 5. The summed E-state index contributed by atoms with van der Waals surface area (Å²) in [4.78, 5) is 41.1. The van der Waals surface area contributed by atoms with Crippen LogP contribution >= 0.6 is 0 Å². The molecule has 2 amide bonds. The number of esters is 1. The highest BCUT2D eigenvalue weighted by molar-refractivity contribution is 6.24. The Kier molecular flexibility index (Phi) is 3.52. The number of ether oxygens (including phenoxy) is 1. The molecule has 2 unspecified atom stereocenters. The van der Waals surface area contributed by atoms with Crippen LogP contribution in [-0.4, -0.2) is 30.4 Å². The molecule has 0 saturated carbocycles. The molecular formula is C22H20N2O4. The lowest BCUT2D eigenvalue weighted by Gasteiger charge is -2.33. The summed E-state index contributed by atoms with van der Waals surface area (Å²) in [5, 5.41) is 3.41. The number of carbonyl (C=O) groups is 3.